The zero-order chi connectivity index (χ0) is 11.4. The molecule has 1 aromatic carbocycles. The van der Waals surface area contributed by atoms with Gasteiger partial charge >= 0.3 is 0 Å². The van der Waals surface area contributed by atoms with E-state index < -0.39 is 0 Å². The molecule has 2 N–H and O–H groups in total. The van der Waals surface area contributed by atoms with Crippen LogP contribution in [0.2, 0.25) is 0 Å². The number of ether oxygens (including phenoxy) is 1. The SMILES string of the molecule is COc1cc(C=O)c(O)c(NC(C)=O)c1. The summed E-state index contributed by atoms with van der Waals surface area (Å²) < 4.78 is 4.91. The van der Waals surface area contributed by atoms with Gasteiger partial charge in [0.2, 0.25) is 5.91 Å². The Hall–Kier alpha value is -2.04. The molecule has 0 radical (unpaired) electrons. The molecule has 0 fully saturated rings. The number of anilines is 1. The summed E-state index contributed by atoms with van der Waals surface area (Å²) in [4.78, 5) is 21.4. The van der Waals surface area contributed by atoms with Gasteiger partial charge in [-0.25, -0.2) is 0 Å². The summed E-state index contributed by atoms with van der Waals surface area (Å²) in [6.07, 6.45) is 0.489. The van der Waals surface area contributed by atoms with Crippen molar-refractivity contribution in [2.45, 2.75) is 6.92 Å². The minimum atomic E-state index is -0.338. The van der Waals surface area contributed by atoms with Crippen molar-refractivity contribution >= 4 is 17.9 Å². The number of phenols is 1. The second-order valence-corrected chi connectivity index (χ2v) is 2.91. The fraction of sp³-hybridized carbons (Fsp3) is 0.200. The second kappa shape index (κ2) is 4.45. The van der Waals surface area contributed by atoms with Crippen molar-refractivity contribution in [3.05, 3.63) is 17.7 Å². The van der Waals surface area contributed by atoms with E-state index in [0.717, 1.165) is 0 Å². The summed E-state index contributed by atoms with van der Waals surface area (Å²) in [5.41, 5.74) is 0.224. The van der Waals surface area contributed by atoms with Crippen molar-refractivity contribution in [2.75, 3.05) is 12.4 Å². The number of carbonyl (C=O) groups excluding carboxylic acids is 2. The molecule has 0 saturated carbocycles. The van der Waals surface area contributed by atoms with Crippen LogP contribution in [0, 0.1) is 0 Å². The molecule has 0 saturated heterocycles. The molecule has 0 atom stereocenters. The zero-order valence-corrected chi connectivity index (χ0v) is 8.40. The Morgan fingerprint density at radius 2 is 2.20 bits per heavy atom. The van der Waals surface area contributed by atoms with Gasteiger partial charge in [0.05, 0.1) is 18.4 Å². The first-order valence-corrected chi connectivity index (χ1v) is 4.22. The van der Waals surface area contributed by atoms with E-state index in [1.807, 2.05) is 0 Å². The predicted octanol–water partition coefficient (Wildman–Crippen LogP) is 1.17. The smallest absolute Gasteiger partial charge is 0.221 e. The number of carbonyl (C=O) groups is 2. The molecule has 1 rings (SSSR count). The number of phenolic OH excluding ortho intramolecular Hbond substituents is 1. The van der Waals surface area contributed by atoms with Gasteiger partial charge in [0.1, 0.15) is 11.5 Å². The second-order valence-electron chi connectivity index (χ2n) is 2.91. The third-order valence-electron chi connectivity index (χ3n) is 1.79. The van der Waals surface area contributed by atoms with Gasteiger partial charge in [-0.15, -0.1) is 0 Å². The first kappa shape index (κ1) is 11.0. The molecule has 0 unspecified atom stereocenters. The fourth-order valence-corrected chi connectivity index (χ4v) is 1.12. The van der Waals surface area contributed by atoms with Crippen LogP contribution in [0.3, 0.4) is 0 Å². The summed E-state index contributed by atoms with van der Waals surface area (Å²) >= 11 is 0. The number of nitrogens with one attached hydrogen (secondary N) is 1. The molecule has 0 heterocycles. The molecule has 0 aromatic heterocycles. The quantitative estimate of drug-likeness (QED) is 0.578. The number of benzene rings is 1. The fourth-order valence-electron chi connectivity index (χ4n) is 1.12. The molecule has 5 nitrogen and oxygen atoms in total. The zero-order valence-electron chi connectivity index (χ0n) is 8.40. The van der Waals surface area contributed by atoms with Crippen LogP contribution in [0.5, 0.6) is 11.5 Å². The Kier molecular flexibility index (Phi) is 3.28. The van der Waals surface area contributed by atoms with Gasteiger partial charge in [0.25, 0.3) is 0 Å². The van der Waals surface area contributed by atoms with Crippen molar-refractivity contribution in [2.24, 2.45) is 0 Å². The van der Waals surface area contributed by atoms with Crippen LogP contribution in [-0.4, -0.2) is 24.4 Å². The summed E-state index contributed by atoms with van der Waals surface area (Å²) in [5.74, 6) is -0.213. The van der Waals surface area contributed by atoms with Crippen molar-refractivity contribution < 1.29 is 19.4 Å². The van der Waals surface area contributed by atoms with Gasteiger partial charge in [-0.05, 0) is 6.07 Å². The number of hydrogen-bond acceptors (Lipinski definition) is 4. The van der Waals surface area contributed by atoms with Crippen molar-refractivity contribution in [1.29, 1.82) is 0 Å². The van der Waals surface area contributed by atoms with E-state index in [0.29, 0.717) is 12.0 Å². The van der Waals surface area contributed by atoms with Crippen LogP contribution in [0.15, 0.2) is 12.1 Å². The number of aromatic hydroxyl groups is 1. The van der Waals surface area contributed by atoms with Crippen LogP contribution >= 0.6 is 0 Å². The van der Waals surface area contributed by atoms with Crippen LogP contribution in [0.4, 0.5) is 5.69 Å². The average molecular weight is 209 g/mol. The average Bonchev–Trinajstić information content (AvgIpc) is 2.20. The highest BCUT2D eigenvalue weighted by molar-refractivity contribution is 5.94. The Morgan fingerprint density at radius 3 is 2.67 bits per heavy atom. The Balaban J connectivity index is 3.23. The van der Waals surface area contributed by atoms with Crippen LogP contribution in [-0.2, 0) is 4.79 Å². The maximum Gasteiger partial charge on any atom is 0.221 e. The molecule has 0 aliphatic carbocycles. The van der Waals surface area contributed by atoms with E-state index >= 15 is 0 Å². The molecule has 5 heteroatoms. The van der Waals surface area contributed by atoms with Crippen molar-refractivity contribution in [1.82, 2.24) is 0 Å². The van der Waals surface area contributed by atoms with Gasteiger partial charge in [-0.3, -0.25) is 9.59 Å². The van der Waals surface area contributed by atoms with Gasteiger partial charge in [0, 0.05) is 13.0 Å². The van der Waals surface area contributed by atoms with Crippen LogP contribution < -0.4 is 10.1 Å². The standard InChI is InChI=1S/C10H11NO4/c1-6(13)11-9-4-8(15-2)3-7(5-12)10(9)14/h3-5,14H,1-2H3,(H,11,13). The third kappa shape index (κ3) is 2.46. The maximum atomic E-state index is 10.8. The van der Waals surface area contributed by atoms with Crippen LogP contribution in [0.1, 0.15) is 17.3 Å². The number of amides is 1. The largest absolute Gasteiger partial charge is 0.505 e. The Morgan fingerprint density at radius 1 is 1.53 bits per heavy atom. The number of hydrogen-bond donors (Lipinski definition) is 2. The monoisotopic (exact) mass is 209 g/mol. The summed E-state index contributed by atoms with van der Waals surface area (Å²) in [6, 6.07) is 2.82. The summed E-state index contributed by atoms with van der Waals surface area (Å²) in [5, 5.41) is 12.0. The minimum absolute atomic E-state index is 0.0677. The first-order valence-electron chi connectivity index (χ1n) is 4.22. The third-order valence-corrected chi connectivity index (χ3v) is 1.79. The van der Waals surface area contributed by atoms with Crippen molar-refractivity contribution in [3.63, 3.8) is 0 Å². The highest BCUT2D eigenvalue weighted by atomic mass is 16.5. The summed E-state index contributed by atoms with van der Waals surface area (Å²) in [7, 11) is 1.43. The molecule has 0 aliphatic rings. The molecule has 1 amide bonds. The molecule has 15 heavy (non-hydrogen) atoms. The van der Waals surface area contributed by atoms with E-state index in [1.54, 1.807) is 0 Å². The highest BCUT2D eigenvalue weighted by Crippen LogP contribution is 2.31. The lowest BCUT2D eigenvalue weighted by atomic mass is 10.1. The van der Waals surface area contributed by atoms with Gasteiger partial charge in [0.15, 0.2) is 6.29 Å². The van der Waals surface area contributed by atoms with Gasteiger partial charge < -0.3 is 15.2 Å². The molecular weight excluding hydrogens is 198 g/mol. The van der Waals surface area contributed by atoms with Crippen molar-refractivity contribution in [3.8, 4) is 11.5 Å². The van der Waals surface area contributed by atoms with E-state index in [-0.39, 0.29) is 22.9 Å². The van der Waals surface area contributed by atoms with Crippen LogP contribution in [0.25, 0.3) is 0 Å². The molecule has 0 bridgehead atoms. The Bertz CT molecular complexity index is 401. The number of rotatable bonds is 3. The van der Waals surface area contributed by atoms with Gasteiger partial charge in [-0.1, -0.05) is 0 Å². The topological polar surface area (TPSA) is 75.6 Å². The molecule has 0 aliphatic heterocycles. The summed E-state index contributed by atoms with van der Waals surface area (Å²) in [6.45, 7) is 1.31. The minimum Gasteiger partial charge on any atom is -0.505 e. The molecule has 80 valence electrons. The van der Waals surface area contributed by atoms with E-state index in [4.69, 9.17) is 4.74 Å². The maximum absolute atomic E-state index is 10.8. The van der Waals surface area contributed by atoms with E-state index in [2.05, 4.69) is 5.32 Å². The van der Waals surface area contributed by atoms with E-state index in [9.17, 15) is 14.7 Å². The van der Waals surface area contributed by atoms with E-state index in [1.165, 1.54) is 26.2 Å². The highest BCUT2D eigenvalue weighted by Gasteiger charge is 2.10. The lowest BCUT2D eigenvalue weighted by molar-refractivity contribution is -0.114. The molecular formula is C10H11NO4. The number of aldehydes is 1. The first-order chi connectivity index (χ1) is 7.08. The normalized spacial score (nSPS) is 9.47. The molecule has 0 spiro atoms. The lowest BCUT2D eigenvalue weighted by Crippen LogP contribution is -2.06. The Labute approximate surface area is 86.7 Å². The molecule has 1 aromatic rings. The number of methoxy groups -OCH3 is 1. The lowest BCUT2D eigenvalue weighted by Gasteiger charge is -2.09. The predicted molar refractivity (Wildman–Crippen MR) is 54.4 cm³/mol. The van der Waals surface area contributed by atoms with Gasteiger partial charge in [-0.2, -0.15) is 0 Å².